The SMILES string of the molecule is CCCCN(Cl)C(S)CCC. The van der Waals surface area contributed by atoms with Crippen molar-refractivity contribution in [2.75, 3.05) is 6.54 Å². The van der Waals surface area contributed by atoms with Crippen LogP contribution in [0.25, 0.3) is 0 Å². The fourth-order valence-electron chi connectivity index (χ4n) is 0.856. The van der Waals surface area contributed by atoms with Gasteiger partial charge in [-0.2, -0.15) is 12.6 Å². The Morgan fingerprint density at radius 3 is 2.45 bits per heavy atom. The van der Waals surface area contributed by atoms with E-state index in [1.54, 1.807) is 4.42 Å². The van der Waals surface area contributed by atoms with Crippen LogP contribution < -0.4 is 0 Å². The zero-order valence-corrected chi connectivity index (χ0v) is 9.04. The van der Waals surface area contributed by atoms with Crippen molar-refractivity contribution in [1.82, 2.24) is 4.42 Å². The quantitative estimate of drug-likeness (QED) is 0.387. The molecule has 0 bridgehead atoms. The van der Waals surface area contributed by atoms with Crippen LogP contribution in [0.5, 0.6) is 0 Å². The number of hydrogen-bond acceptors (Lipinski definition) is 2. The van der Waals surface area contributed by atoms with Crippen molar-refractivity contribution in [3.63, 3.8) is 0 Å². The zero-order valence-electron chi connectivity index (χ0n) is 7.39. The minimum Gasteiger partial charge on any atom is -0.207 e. The summed E-state index contributed by atoms with van der Waals surface area (Å²) in [5, 5.41) is 0.230. The zero-order chi connectivity index (χ0) is 8.69. The Morgan fingerprint density at radius 1 is 1.36 bits per heavy atom. The first-order valence-electron chi connectivity index (χ1n) is 4.32. The van der Waals surface area contributed by atoms with E-state index in [1.807, 2.05) is 0 Å². The van der Waals surface area contributed by atoms with Gasteiger partial charge in [0.1, 0.15) is 0 Å². The van der Waals surface area contributed by atoms with Gasteiger partial charge in [-0.1, -0.05) is 26.7 Å². The molecule has 1 unspecified atom stereocenters. The first-order chi connectivity index (χ1) is 5.22. The van der Waals surface area contributed by atoms with E-state index >= 15 is 0 Å². The van der Waals surface area contributed by atoms with Crippen LogP contribution >= 0.6 is 24.4 Å². The highest BCUT2D eigenvalue weighted by Gasteiger charge is 2.09. The monoisotopic (exact) mass is 195 g/mol. The predicted octanol–water partition coefficient (Wildman–Crippen LogP) is 3.30. The number of unbranched alkanes of at least 4 members (excludes halogenated alkanes) is 1. The standard InChI is InChI=1S/C8H18ClNS/c1-3-5-7-10(9)8(11)6-4-2/h8,11H,3-7H2,1-2H3. The van der Waals surface area contributed by atoms with Gasteiger partial charge in [-0.3, -0.25) is 0 Å². The molecule has 0 aliphatic carbocycles. The van der Waals surface area contributed by atoms with Crippen LogP contribution in [-0.4, -0.2) is 16.3 Å². The molecule has 3 heteroatoms. The summed E-state index contributed by atoms with van der Waals surface area (Å²) in [5.74, 6) is 0. The first kappa shape index (κ1) is 11.6. The van der Waals surface area contributed by atoms with Gasteiger partial charge in [0, 0.05) is 6.54 Å². The number of hydrogen-bond donors (Lipinski definition) is 1. The van der Waals surface area contributed by atoms with Gasteiger partial charge in [0.2, 0.25) is 0 Å². The number of rotatable bonds is 6. The molecule has 0 amide bonds. The van der Waals surface area contributed by atoms with E-state index in [1.165, 1.54) is 6.42 Å². The minimum atomic E-state index is 0.230. The lowest BCUT2D eigenvalue weighted by Gasteiger charge is -2.19. The number of nitrogens with zero attached hydrogens (tertiary/aromatic N) is 1. The molecule has 0 aliphatic rings. The van der Waals surface area contributed by atoms with Crippen LogP contribution in [0, 0.1) is 0 Å². The van der Waals surface area contributed by atoms with Gasteiger partial charge in [0.05, 0.1) is 5.37 Å². The fourth-order valence-corrected chi connectivity index (χ4v) is 1.45. The van der Waals surface area contributed by atoms with E-state index in [-0.39, 0.29) is 5.37 Å². The van der Waals surface area contributed by atoms with E-state index in [0.29, 0.717) is 0 Å². The summed E-state index contributed by atoms with van der Waals surface area (Å²) in [6.45, 7) is 5.26. The van der Waals surface area contributed by atoms with E-state index in [9.17, 15) is 0 Å². The lowest BCUT2D eigenvalue weighted by molar-refractivity contribution is 0.402. The maximum Gasteiger partial charge on any atom is 0.0675 e. The molecule has 0 aliphatic heterocycles. The number of thiol groups is 1. The second kappa shape index (κ2) is 7.26. The Labute approximate surface area is 80.6 Å². The molecule has 0 aromatic carbocycles. The maximum atomic E-state index is 5.95. The minimum absolute atomic E-state index is 0.230. The van der Waals surface area contributed by atoms with E-state index in [4.69, 9.17) is 11.8 Å². The topological polar surface area (TPSA) is 3.24 Å². The second-order valence-corrected chi connectivity index (χ2v) is 3.78. The van der Waals surface area contributed by atoms with Gasteiger partial charge in [-0.25, -0.2) is 4.42 Å². The Balaban J connectivity index is 3.38. The highest BCUT2D eigenvalue weighted by Crippen LogP contribution is 2.14. The van der Waals surface area contributed by atoms with Crippen LogP contribution in [0.3, 0.4) is 0 Å². The highest BCUT2D eigenvalue weighted by atomic mass is 35.5. The van der Waals surface area contributed by atoms with Crippen LogP contribution in [0.2, 0.25) is 0 Å². The van der Waals surface area contributed by atoms with Crippen molar-refractivity contribution in [2.24, 2.45) is 0 Å². The normalized spacial score (nSPS) is 13.9. The molecule has 0 radical (unpaired) electrons. The van der Waals surface area contributed by atoms with Crippen molar-refractivity contribution >= 4 is 24.4 Å². The molecular formula is C8H18ClNS. The molecule has 1 nitrogen and oxygen atoms in total. The average Bonchev–Trinajstić information content (AvgIpc) is 2.00. The Morgan fingerprint density at radius 2 is 2.00 bits per heavy atom. The summed E-state index contributed by atoms with van der Waals surface area (Å²) < 4.78 is 1.80. The summed E-state index contributed by atoms with van der Waals surface area (Å²) in [7, 11) is 0. The summed E-state index contributed by atoms with van der Waals surface area (Å²) >= 11 is 10.3. The third-order valence-corrected chi connectivity index (χ3v) is 2.67. The van der Waals surface area contributed by atoms with Gasteiger partial charge in [0.15, 0.2) is 0 Å². The lowest BCUT2D eigenvalue weighted by atomic mass is 10.3. The highest BCUT2D eigenvalue weighted by molar-refractivity contribution is 7.80. The fraction of sp³-hybridized carbons (Fsp3) is 1.00. The van der Waals surface area contributed by atoms with Crippen LogP contribution in [0.1, 0.15) is 39.5 Å². The molecule has 0 spiro atoms. The molecule has 68 valence electrons. The van der Waals surface area contributed by atoms with Crippen LogP contribution in [-0.2, 0) is 0 Å². The molecule has 0 N–H and O–H groups in total. The largest absolute Gasteiger partial charge is 0.207 e. The van der Waals surface area contributed by atoms with Crippen molar-refractivity contribution in [3.05, 3.63) is 0 Å². The summed E-state index contributed by atoms with van der Waals surface area (Å²) in [4.78, 5) is 0. The van der Waals surface area contributed by atoms with E-state index in [0.717, 1.165) is 25.8 Å². The molecular weight excluding hydrogens is 178 g/mol. The molecule has 11 heavy (non-hydrogen) atoms. The second-order valence-electron chi connectivity index (χ2n) is 2.75. The Kier molecular flexibility index (Phi) is 7.66. The van der Waals surface area contributed by atoms with E-state index < -0.39 is 0 Å². The van der Waals surface area contributed by atoms with Gasteiger partial charge < -0.3 is 0 Å². The van der Waals surface area contributed by atoms with Gasteiger partial charge in [0.25, 0.3) is 0 Å². The van der Waals surface area contributed by atoms with Crippen molar-refractivity contribution < 1.29 is 0 Å². The molecule has 0 fully saturated rings. The van der Waals surface area contributed by atoms with Crippen LogP contribution in [0.4, 0.5) is 0 Å². The molecule has 0 heterocycles. The maximum absolute atomic E-state index is 5.95. The molecule has 0 saturated heterocycles. The summed E-state index contributed by atoms with van der Waals surface area (Å²) in [6.07, 6.45) is 4.56. The molecule has 0 aromatic heterocycles. The molecule has 0 rings (SSSR count). The number of halogens is 1. The predicted molar refractivity (Wildman–Crippen MR) is 55.1 cm³/mol. The van der Waals surface area contributed by atoms with Gasteiger partial charge >= 0.3 is 0 Å². The summed E-state index contributed by atoms with van der Waals surface area (Å²) in [6, 6.07) is 0. The van der Waals surface area contributed by atoms with Crippen molar-refractivity contribution in [2.45, 2.75) is 44.9 Å². The Hall–Kier alpha value is 0.600. The third-order valence-electron chi connectivity index (χ3n) is 1.60. The first-order valence-corrected chi connectivity index (χ1v) is 5.18. The lowest BCUT2D eigenvalue weighted by Crippen LogP contribution is -2.22. The van der Waals surface area contributed by atoms with Gasteiger partial charge in [-0.15, -0.1) is 0 Å². The van der Waals surface area contributed by atoms with Crippen LogP contribution in [0.15, 0.2) is 0 Å². The molecule has 1 atom stereocenters. The summed E-state index contributed by atoms with van der Waals surface area (Å²) in [5.41, 5.74) is 0. The van der Waals surface area contributed by atoms with Gasteiger partial charge in [-0.05, 0) is 24.6 Å². The van der Waals surface area contributed by atoms with Crippen molar-refractivity contribution in [3.8, 4) is 0 Å². The Bertz CT molecular complexity index is 90.2. The average molecular weight is 196 g/mol. The van der Waals surface area contributed by atoms with E-state index in [2.05, 4.69) is 26.5 Å². The molecule has 0 saturated carbocycles. The smallest absolute Gasteiger partial charge is 0.0675 e. The molecule has 0 aromatic rings. The van der Waals surface area contributed by atoms with Crippen molar-refractivity contribution in [1.29, 1.82) is 0 Å². The third kappa shape index (κ3) is 5.83.